The Morgan fingerprint density at radius 3 is 2.53 bits per heavy atom. The molecule has 0 unspecified atom stereocenters. The maximum absolute atomic E-state index is 12.2. The normalized spacial score (nSPS) is 18.3. The largest absolute Gasteiger partial charge is 0.481 e. The van der Waals surface area contributed by atoms with Crippen molar-refractivity contribution in [2.75, 3.05) is 13.1 Å². The van der Waals surface area contributed by atoms with Crippen molar-refractivity contribution >= 4 is 39.1 Å². The number of halogens is 1. The summed E-state index contributed by atoms with van der Waals surface area (Å²) in [6.07, 6.45) is 1.69. The molecular formula is C13H16BrNO3S. The number of likely N-dealkylation sites (tertiary alicyclic amines) is 1. The number of carbonyl (C=O) groups is 2. The van der Waals surface area contributed by atoms with Crippen LogP contribution in [0.2, 0.25) is 0 Å². The summed E-state index contributed by atoms with van der Waals surface area (Å²) in [4.78, 5) is 25.4. The fraction of sp³-hybridized carbons (Fsp3) is 0.538. The quantitative estimate of drug-likeness (QED) is 0.914. The van der Waals surface area contributed by atoms with Gasteiger partial charge in [0, 0.05) is 18.5 Å². The van der Waals surface area contributed by atoms with Crippen molar-refractivity contribution in [3.63, 3.8) is 0 Å². The minimum atomic E-state index is -0.736. The van der Waals surface area contributed by atoms with Gasteiger partial charge in [0.15, 0.2) is 0 Å². The van der Waals surface area contributed by atoms with Crippen molar-refractivity contribution in [2.45, 2.75) is 26.2 Å². The summed E-state index contributed by atoms with van der Waals surface area (Å²) in [7, 11) is 0. The molecule has 1 N–H and O–H groups in total. The first-order valence-corrected chi connectivity index (χ1v) is 7.92. The minimum absolute atomic E-state index is 0.00274. The molecule has 1 aromatic rings. The molecule has 1 aliphatic heterocycles. The number of carboxylic acids is 1. The van der Waals surface area contributed by atoms with Gasteiger partial charge in [0.25, 0.3) is 5.91 Å². The molecular weight excluding hydrogens is 330 g/mol. The van der Waals surface area contributed by atoms with E-state index in [0.29, 0.717) is 37.9 Å². The molecule has 0 saturated carbocycles. The van der Waals surface area contributed by atoms with E-state index in [0.717, 1.165) is 3.79 Å². The average molecular weight is 346 g/mol. The Balaban J connectivity index is 2.04. The number of carbonyl (C=O) groups excluding carboxylic acids is 1. The summed E-state index contributed by atoms with van der Waals surface area (Å²) in [6, 6.07) is 1.81. The first-order valence-electron chi connectivity index (χ1n) is 6.25. The molecule has 0 atom stereocenters. The van der Waals surface area contributed by atoms with E-state index in [2.05, 4.69) is 15.9 Å². The molecule has 1 fully saturated rings. The zero-order valence-corrected chi connectivity index (χ0v) is 13.1. The van der Waals surface area contributed by atoms with Crippen molar-refractivity contribution in [1.82, 2.24) is 4.90 Å². The maximum atomic E-state index is 12.2. The lowest BCUT2D eigenvalue weighted by Crippen LogP contribution is -2.46. The first kappa shape index (κ1) is 14.5. The summed E-state index contributed by atoms with van der Waals surface area (Å²) >= 11 is 4.82. The van der Waals surface area contributed by atoms with Gasteiger partial charge in [-0.1, -0.05) is 6.92 Å². The van der Waals surface area contributed by atoms with Gasteiger partial charge in [0.1, 0.15) is 0 Å². The van der Waals surface area contributed by atoms with Crippen LogP contribution < -0.4 is 0 Å². The molecule has 1 aliphatic rings. The number of carboxylic acid groups (broad SMARTS) is 1. The molecule has 0 spiro atoms. The Morgan fingerprint density at radius 1 is 1.47 bits per heavy atom. The van der Waals surface area contributed by atoms with Gasteiger partial charge in [-0.3, -0.25) is 9.59 Å². The second-order valence-electron chi connectivity index (χ2n) is 4.87. The van der Waals surface area contributed by atoms with Crippen LogP contribution in [0.25, 0.3) is 0 Å². The number of thiophene rings is 1. The number of hydrogen-bond acceptors (Lipinski definition) is 3. The van der Waals surface area contributed by atoms with E-state index in [4.69, 9.17) is 0 Å². The van der Waals surface area contributed by atoms with Crippen LogP contribution in [0.4, 0.5) is 0 Å². The molecule has 0 radical (unpaired) electrons. The standard InChI is InChI=1S/C13H16BrNO3S/c1-2-13(12(17)18)3-5-15(6-4-13)11(16)9-7-10(14)19-8-9/h7-8H,2-6H2,1H3,(H,17,18). The van der Waals surface area contributed by atoms with E-state index in [1.165, 1.54) is 11.3 Å². The molecule has 0 bridgehead atoms. The molecule has 2 heterocycles. The van der Waals surface area contributed by atoms with Crippen LogP contribution in [0.3, 0.4) is 0 Å². The van der Waals surface area contributed by atoms with Gasteiger partial charge >= 0.3 is 5.97 Å². The van der Waals surface area contributed by atoms with Gasteiger partial charge in [0.05, 0.1) is 14.8 Å². The molecule has 0 aromatic carbocycles. The molecule has 0 aliphatic carbocycles. The summed E-state index contributed by atoms with van der Waals surface area (Å²) in [5.41, 5.74) is 0.0302. The molecule has 4 nitrogen and oxygen atoms in total. The van der Waals surface area contributed by atoms with Gasteiger partial charge in [-0.15, -0.1) is 11.3 Å². The van der Waals surface area contributed by atoms with Crippen LogP contribution in [-0.2, 0) is 4.79 Å². The van der Waals surface area contributed by atoms with Crippen LogP contribution in [-0.4, -0.2) is 35.0 Å². The SMILES string of the molecule is CCC1(C(=O)O)CCN(C(=O)c2csc(Br)c2)CC1. The highest BCUT2D eigenvalue weighted by atomic mass is 79.9. The van der Waals surface area contributed by atoms with E-state index in [1.54, 1.807) is 4.90 Å². The number of piperidine rings is 1. The van der Waals surface area contributed by atoms with Crippen LogP contribution in [0.5, 0.6) is 0 Å². The monoisotopic (exact) mass is 345 g/mol. The predicted molar refractivity (Wildman–Crippen MR) is 77.5 cm³/mol. The molecule has 6 heteroatoms. The molecule has 104 valence electrons. The zero-order chi connectivity index (χ0) is 14.0. The highest BCUT2D eigenvalue weighted by Gasteiger charge is 2.40. The van der Waals surface area contributed by atoms with Crippen molar-refractivity contribution < 1.29 is 14.7 Å². The number of hydrogen-bond donors (Lipinski definition) is 1. The zero-order valence-electron chi connectivity index (χ0n) is 10.7. The summed E-state index contributed by atoms with van der Waals surface area (Å²) in [5.74, 6) is -0.739. The summed E-state index contributed by atoms with van der Waals surface area (Å²) < 4.78 is 0.932. The Kier molecular flexibility index (Phi) is 4.30. The number of aliphatic carboxylic acids is 1. The van der Waals surface area contributed by atoms with Crippen LogP contribution >= 0.6 is 27.3 Å². The van der Waals surface area contributed by atoms with Crippen LogP contribution in [0.1, 0.15) is 36.5 Å². The minimum Gasteiger partial charge on any atom is -0.481 e. The highest BCUT2D eigenvalue weighted by Crippen LogP contribution is 2.35. The molecule has 19 heavy (non-hydrogen) atoms. The van der Waals surface area contributed by atoms with E-state index in [-0.39, 0.29) is 5.91 Å². The number of amides is 1. The van der Waals surface area contributed by atoms with Gasteiger partial charge < -0.3 is 10.0 Å². The van der Waals surface area contributed by atoms with Gasteiger partial charge in [-0.25, -0.2) is 0 Å². The lowest BCUT2D eigenvalue weighted by molar-refractivity contribution is -0.152. The van der Waals surface area contributed by atoms with Crippen molar-refractivity contribution in [3.8, 4) is 0 Å². The van der Waals surface area contributed by atoms with E-state index in [9.17, 15) is 14.7 Å². The fourth-order valence-corrected chi connectivity index (χ4v) is 3.59. The van der Waals surface area contributed by atoms with Gasteiger partial charge in [-0.05, 0) is 41.3 Å². The Hall–Kier alpha value is -0.880. The summed E-state index contributed by atoms with van der Waals surface area (Å²) in [6.45, 7) is 2.94. The Morgan fingerprint density at radius 2 is 2.11 bits per heavy atom. The Labute approximate surface area is 124 Å². The second-order valence-corrected chi connectivity index (χ2v) is 7.16. The van der Waals surface area contributed by atoms with E-state index >= 15 is 0 Å². The highest BCUT2D eigenvalue weighted by molar-refractivity contribution is 9.11. The molecule has 2 rings (SSSR count). The lowest BCUT2D eigenvalue weighted by atomic mass is 9.76. The van der Waals surface area contributed by atoms with Gasteiger partial charge in [-0.2, -0.15) is 0 Å². The fourth-order valence-electron chi connectivity index (χ4n) is 2.46. The Bertz CT molecular complexity index is 492. The lowest BCUT2D eigenvalue weighted by Gasteiger charge is -2.38. The number of nitrogens with zero attached hydrogens (tertiary/aromatic N) is 1. The maximum Gasteiger partial charge on any atom is 0.309 e. The second kappa shape index (κ2) is 5.63. The van der Waals surface area contributed by atoms with Crippen molar-refractivity contribution in [2.24, 2.45) is 5.41 Å². The molecule has 1 amide bonds. The third-order valence-corrected chi connectivity index (χ3v) is 5.46. The number of rotatable bonds is 3. The first-order chi connectivity index (χ1) is 8.98. The van der Waals surface area contributed by atoms with Gasteiger partial charge in [0.2, 0.25) is 0 Å². The topological polar surface area (TPSA) is 57.6 Å². The third kappa shape index (κ3) is 2.84. The molecule has 1 aromatic heterocycles. The smallest absolute Gasteiger partial charge is 0.309 e. The van der Waals surface area contributed by atoms with Crippen LogP contribution in [0.15, 0.2) is 15.2 Å². The van der Waals surface area contributed by atoms with E-state index in [1.807, 2.05) is 18.4 Å². The average Bonchev–Trinajstić information content (AvgIpc) is 2.84. The van der Waals surface area contributed by atoms with E-state index < -0.39 is 11.4 Å². The molecule has 1 saturated heterocycles. The van der Waals surface area contributed by atoms with Crippen molar-refractivity contribution in [1.29, 1.82) is 0 Å². The predicted octanol–water partition coefficient (Wildman–Crippen LogP) is 3.23. The van der Waals surface area contributed by atoms with Crippen LogP contribution in [0, 0.1) is 5.41 Å². The summed E-state index contributed by atoms with van der Waals surface area (Å²) in [5, 5.41) is 11.2. The van der Waals surface area contributed by atoms with Crippen molar-refractivity contribution in [3.05, 3.63) is 20.8 Å². The third-order valence-electron chi connectivity index (χ3n) is 3.95.